The van der Waals surface area contributed by atoms with E-state index >= 15 is 0 Å². The van der Waals surface area contributed by atoms with Crippen molar-refractivity contribution in [2.75, 3.05) is 18.0 Å². The first-order valence-corrected chi connectivity index (χ1v) is 9.87. The van der Waals surface area contributed by atoms with Crippen LogP contribution in [0.2, 0.25) is 0 Å². The number of piperidine rings is 1. The zero-order valence-electron chi connectivity index (χ0n) is 14.4. The van der Waals surface area contributed by atoms with Gasteiger partial charge in [-0.25, -0.2) is 22.9 Å². The van der Waals surface area contributed by atoms with E-state index in [2.05, 4.69) is 14.8 Å². The molecule has 0 radical (unpaired) electrons. The summed E-state index contributed by atoms with van der Waals surface area (Å²) in [7, 11) is -3.61. The zero-order chi connectivity index (χ0) is 18.7. The summed E-state index contributed by atoms with van der Waals surface area (Å²) in [5, 5.41) is 13.1. The van der Waals surface area contributed by atoms with Gasteiger partial charge in [-0.1, -0.05) is 0 Å². The second kappa shape index (κ2) is 7.42. The first kappa shape index (κ1) is 18.3. The van der Waals surface area contributed by atoms with Crippen LogP contribution in [0.25, 0.3) is 0 Å². The van der Waals surface area contributed by atoms with Gasteiger partial charge >= 0.3 is 5.97 Å². The number of carbonyl (C=O) groups is 1. The molecule has 3 heterocycles. The summed E-state index contributed by atoms with van der Waals surface area (Å²) in [6.45, 7) is 3.60. The quantitative estimate of drug-likeness (QED) is 0.767. The van der Waals surface area contributed by atoms with E-state index in [0.29, 0.717) is 38.3 Å². The Labute approximate surface area is 151 Å². The Morgan fingerprint density at radius 2 is 2.04 bits per heavy atom. The lowest BCUT2D eigenvalue weighted by atomic mass is 10.1. The molecule has 2 aromatic heterocycles. The Hall–Kier alpha value is -2.46. The number of rotatable bonds is 6. The van der Waals surface area contributed by atoms with Crippen molar-refractivity contribution in [3.8, 4) is 0 Å². The average Bonchev–Trinajstić information content (AvgIpc) is 3.12. The molecule has 1 saturated heterocycles. The van der Waals surface area contributed by atoms with Gasteiger partial charge in [-0.05, 0) is 38.0 Å². The first-order valence-electron chi connectivity index (χ1n) is 8.39. The number of aromatic carboxylic acids is 1. The Morgan fingerprint density at radius 3 is 2.62 bits per heavy atom. The van der Waals surface area contributed by atoms with Crippen molar-refractivity contribution >= 4 is 21.8 Å². The highest BCUT2D eigenvalue weighted by Gasteiger charge is 2.27. The van der Waals surface area contributed by atoms with Gasteiger partial charge < -0.3 is 10.0 Å². The Morgan fingerprint density at radius 1 is 1.31 bits per heavy atom. The third-order valence-corrected chi connectivity index (χ3v) is 5.93. The standard InChI is InChI=1S/C16H21N5O4S/c1-2-21-15(5-8-18-21)26(24,25)19-13-6-9-20(10-7-13)14-4-3-12(11-17-14)16(22)23/h3-5,8,11,13,19H,2,6-7,9-10H2,1H3,(H,22,23). The number of nitrogens with one attached hydrogen (secondary N) is 1. The molecule has 0 aromatic carbocycles. The maximum Gasteiger partial charge on any atom is 0.337 e. The van der Waals surface area contributed by atoms with Crippen molar-refractivity contribution < 1.29 is 18.3 Å². The average molecular weight is 379 g/mol. The molecule has 0 spiro atoms. The molecular weight excluding hydrogens is 358 g/mol. The zero-order valence-corrected chi connectivity index (χ0v) is 15.2. The van der Waals surface area contributed by atoms with Crippen LogP contribution in [-0.4, -0.2) is 53.4 Å². The van der Waals surface area contributed by atoms with Crippen LogP contribution in [0, 0.1) is 0 Å². The van der Waals surface area contributed by atoms with Crippen molar-refractivity contribution in [1.82, 2.24) is 19.5 Å². The van der Waals surface area contributed by atoms with Crippen LogP contribution in [0.3, 0.4) is 0 Å². The summed E-state index contributed by atoms with van der Waals surface area (Å²) < 4.78 is 29.3. The number of pyridine rings is 1. The van der Waals surface area contributed by atoms with E-state index < -0.39 is 16.0 Å². The normalized spacial score (nSPS) is 16.0. The first-order chi connectivity index (χ1) is 12.4. The van der Waals surface area contributed by atoms with Crippen LogP contribution in [0.4, 0.5) is 5.82 Å². The number of sulfonamides is 1. The third kappa shape index (κ3) is 3.86. The molecule has 0 amide bonds. The predicted molar refractivity (Wildman–Crippen MR) is 94.7 cm³/mol. The minimum atomic E-state index is -3.61. The van der Waals surface area contributed by atoms with Gasteiger partial charge in [0.05, 0.1) is 11.8 Å². The van der Waals surface area contributed by atoms with E-state index in [4.69, 9.17) is 5.11 Å². The molecule has 3 rings (SSSR count). The van der Waals surface area contributed by atoms with Crippen LogP contribution >= 0.6 is 0 Å². The topological polar surface area (TPSA) is 117 Å². The fourth-order valence-electron chi connectivity index (χ4n) is 2.99. The molecule has 0 unspecified atom stereocenters. The highest BCUT2D eigenvalue weighted by molar-refractivity contribution is 7.89. The van der Waals surface area contributed by atoms with Gasteiger partial charge in [-0.15, -0.1) is 0 Å². The van der Waals surface area contributed by atoms with Gasteiger partial charge in [0.1, 0.15) is 5.82 Å². The molecule has 1 aliphatic rings. The number of carboxylic acids is 1. The van der Waals surface area contributed by atoms with Gasteiger partial charge in [0.15, 0.2) is 5.03 Å². The van der Waals surface area contributed by atoms with Crippen LogP contribution in [0.1, 0.15) is 30.1 Å². The molecule has 26 heavy (non-hydrogen) atoms. The van der Waals surface area contributed by atoms with Crippen molar-refractivity contribution in [3.63, 3.8) is 0 Å². The van der Waals surface area contributed by atoms with Crippen molar-refractivity contribution in [2.24, 2.45) is 0 Å². The number of aromatic nitrogens is 3. The summed E-state index contributed by atoms with van der Waals surface area (Å²) in [5.74, 6) is -0.316. The molecular formula is C16H21N5O4S. The lowest BCUT2D eigenvalue weighted by Crippen LogP contribution is -2.45. The number of anilines is 1. The van der Waals surface area contributed by atoms with E-state index in [1.54, 1.807) is 6.07 Å². The summed E-state index contributed by atoms with van der Waals surface area (Å²) >= 11 is 0. The van der Waals surface area contributed by atoms with Crippen molar-refractivity contribution in [3.05, 3.63) is 36.2 Å². The molecule has 1 aliphatic heterocycles. The number of aryl methyl sites for hydroxylation is 1. The Kier molecular flexibility index (Phi) is 5.23. The maximum atomic E-state index is 12.5. The van der Waals surface area contributed by atoms with E-state index in [-0.39, 0.29) is 16.6 Å². The summed E-state index contributed by atoms with van der Waals surface area (Å²) in [5.41, 5.74) is 0.143. The number of hydrogen-bond donors (Lipinski definition) is 2. The molecule has 0 bridgehead atoms. The number of hydrogen-bond acceptors (Lipinski definition) is 6. The molecule has 140 valence electrons. The largest absolute Gasteiger partial charge is 0.478 e. The summed E-state index contributed by atoms with van der Waals surface area (Å²) in [6, 6.07) is 4.53. The van der Waals surface area contributed by atoms with Crippen molar-refractivity contribution in [2.45, 2.75) is 37.4 Å². The monoisotopic (exact) mass is 379 g/mol. The second-order valence-electron chi connectivity index (χ2n) is 6.08. The SMILES string of the molecule is CCn1nccc1S(=O)(=O)NC1CCN(c2ccc(C(=O)O)cn2)CC1. The molecule has 0 saturated carbocycles. The van der Waals surface area contributed by atoms with E-state index in [0.717, 1.165) is 0 Å². The molecule has 2 N–H and O–H groups in total. The van der Waals surface area contributed by atoms with Gasteiger partial charge in [0.25, 0.3) is 10.0 Å². The summed E-state index contributed by atoms with van der Waals surface area (Å²) in [4.78, 5) is 17.1. The highest BCUT2D eigenvalue weighted by Crippen LogP contribution is 2.20. The van der Waals surface area contributed by atoms with Gasteiger partial charge in [-0.3, -0.25) is 4.68 Å². The third-order valence-electron chi connectivity index (χ3n) is 4.39. The lowest BCUT2D eigenvalue weighted by molar-refractivity contribution is 0.0696. The number of carboxylic acid groups (broad SMARTS) is 1. The second-order valence-corrected chi connectivity index (χ2v) is 7.74. The molecule has 0 aliphatic carbocycles. The van der Waals surface area contributed by atoms with E-state index in [9.17, 15) is 13.2 Å². The molecule has 0 atom stereocenters. The van der Waals surface area contributed by atoms with Crippen LogP contribution < -0.4 is 9.62 Å². The van der Waals surface area contributed by atoms with Gasteiger partial charge in [0.2, 0.25) is 0 Å². The van der Waals surface area contributed by atoms with Gasteiger partial charge in [0, 0.05) is 31.9 Å². The minimum absolute atomic E-state index is 0.143. The molecule has 1 fully saturated rings. The predicted octanol–water partition coefficient (Wildman–Crippen LogP) is 0.944. The fraction of sp³-hybridized carbons (Fsp3) is 0.438. The fourth-order valence-corrected chi connectivity index (χ4v) is 4.48. The Balaban J connectivity index is 1.61. The van der Waals surface area contributed by atoms with E-state index in [1.165, 1.54) is 29.2 Å². The molecule has 2 aromatic rings. The Bertz CT molecular complexity index is 870. The summed E-state index contributed by atoms with van der Waals surface area (Å²) in [6.07, 6.45) is 4.09. The van der Waals surface area contributed by atoms with Crippen molar-refractivity contribution in [1.29, 1.82) is 0 Å². The van der Waals surface area contributed by atoms with Crippen LogP contribution in [0.5, 0.6) is 0 Å². The highest BCUT2D eigenvalue weighted by atomic mass is 32.2. The molecule has 9 nitrogen and oxygen atoms in total. The van der Waals surface area contributed by atoms with Crippen LogP contribution in [-0.2, 0) is 16.6 Å². The lowest BCUT2D eigenvalue weighted by Gasteiger charge is -2.33. The van der Waals surface area contributed by atoms with E-state index in [1.807, 2.05) is 11.8 Å². The van der Waals surface area contributed by atoms with Crippen LogP contribution in [0.15, 0.2) is 35.6 Å². The molecule has 10 heteroatoms. The van der Waals surface area contributed by atoms with Gasteiger partial charge in [-0.2, -0.15) is 5.10 Å². The number of nitrogens with zero attached hydrogens (tertiary/aromatic N) is 4. The minimum Gasteiger partial charge on any atom is -0.478 e. The smallest absolute Gasteiger partial charge is 0.337 e. The maximum absolute atomic E-state index is 12.5.